The first-order valence-corrected chi connectivity index (χ1v) is 12.2. The van der Waals surface area contributed by atoms with Gasteiger partial charge in [-0.15, -0.1) is 0 Å². The summed E-state index contributed by atoms with van der Waals surface area (Å²) in [5.74, 6) is -0.0389. The number of hydrogen-bond acceptors (Lipinski definition) is 5. The second-order valence-corrected chi connectivity index (χ2v) is 9.50. The SMILES string of the molecule is C[C@H]1CN([C@@H](C)CO)C(=O)c2cc(C3=CCCC3)cnc2O[C@H]1CN(C)C(=O)Nc1ccccc1. The number of aromatic nitrogens is 1. The minimum atomic E-state index is -0.397. The van der Waals surface area contributed by atoms with Crippen molar-refractivity contribution in [1.82, 2.24) is 14.8 Å². The van der Waals surface area contributed by atoms with Gasteiger partial charge in [0.15, 0.2) is 0 Å². The predicted molar refractivity (Wildman–Crippen MR) is 135 cm³/mol. The Balaban J connectivity index is 1.60. The van der Waals surface area contributed by atoms with E-state index >= 15 is 0 Å². The van der Waals surface area contributed by atoms with Gasteiger partial charge in [0, 0.05) is 31.4 Å². The van der Waals surface area contributed by atoms with E-state index in [2.05, 4.69) is 16.4 Å². The maximum absolute atomic E-state index is 13.5. The number of aliphatic hydroxyl groups is 1. The minimum absolute atomic E-state index is 0.105. The first-order chi connectivity index (χ1) is 16.9. The van der Waals surface area contributed by atoms with Gasteiger partial charge in [-0.2, -0.15) is 0 Å². The Morgan fingerprint density at radius 2 is 2.11 bits per heavy atom. The highest BCUT2D eigenvalue weighted by atomic mass is 16.5. The number of pyridine rings is 1. The number of urea groups is 1. The summed E-state index contributed by atoms with van der Waals surface area (Å²) < 4.78 is 6.31. The topological polar surface area (TPSA) is 95.0 Å². The number of amides is 3. The molecule has 186 valence electrons. The second kappa shape index (κ2) is 10.9. The smallest absolute Gasteiger partial charge is 0.321 e. The molecule has 1 aliphatic carbocycles. The van der Waals surface area contributed by atoms with E-state index in [1.807, 2.05) is 50.2 Å². The van der Waals surface area contributed by atoms with Crippen molar-refractivity contribution in [3.63, 3.8) is 0 Å². The zero-order chi connectivity index (χ0) is 24.9. The molecule has 3 atom stereocenters. The number of ether oxygens (including phenoxy) is 1. The fraction of sp³-hybridized carbons (Fsp3) is 0.444. The van der Waals surface area contributed by atoms with Gasteiger partial charge < -0.3 is 25.0 Å². The van der Waals surface area contributed by atoms with E-state index in [0.717, 1.165) is 24.8 Å². The fourth-order valence-electron chi connectivity index (χ4n) is 4.52. The van der Waals surface area contributed by atoms with Crippen molar-refractivity contribution in [1.29, 1.82) is 0 Å². The van der Waals surface area contributed by atoms with Gasteiger partial charge in [-0.25, -0.2) is 9.78 Å². The maximum Gasteiger partial charge on any atom is 0.321 e. The summed E-state index contributed by atoms with van der Waals surface area (Å²) in [5.41, 5.74) is 3.23. The molecular formula is C27H34N4O4. The number of nitrogens with zero attached hydrogens (tertiary/aromatic N) is 3. The highest BCUT2D eigenvalue weighted by Crippen LogP contribution is 2.32. The molecule has 8 heteroatoms. The van der Waals surface area contributed by atoms with Gasteiger partial charge in [0.05, 0.1) is 19.2 Å². The number of para-hydroxylation sites is 1. The van der Waals surface area contributed by atoms with E-state index in [1.165, 1.54) is 5.57 Å². The van der Waals surface area contributed by atoms with Crippen molar-refractivity contribution in [2.24, 2.45) is 5.92 Å². The Morgan fingerprint density at radius 3 is 2.80 bits per heavy atom. The molecular weight excluding hydrogens is 444 g/mol. The summed E-state index contributed by atoms with van der Waals surface area (Å²) in [6.07, 6.45) is 6.65. The number of anilines is 1. The monoisotopic (exact) mass is 478 g/mol. The van der Waals surface area contributed by atoms with Crippen molar-refractivity contribution in [3.8, 4) is 5.88 Å². The number of nitrogens with one attached hydrogen (secondary N) is 1. The highest BCUT2D eigenvalue weighted by Gasteiger charge is 2.35. The number of aliphatic hydroxyl groups excluding tert-OH is 1. The molecule has 8 nitrogen and oxygen atoms in total. The predicted octanol–water partition coefficient (Wildman–Crippen LogP) is 4.03. The Kier molecular flexibility index (Phi) is 7.70. The van der Waals surface area contributed by atoms with Crippen LogP contribution in [0.3, 0.4) is 0 Å². The average Bonchev–Trinajstić information content (AvgIpc) is 3.41. The summed E-state index contributed by atoms with van der Waals surface area (Å²) in [6.45, 7) is 4.38. The Morgan fingerprint density at radius 1 is 1.34 bits per heavy atom. The van der Waals surface area contributed by atoms with E-state index < -0.39 is 6.10 Å². The van der Waals surface area contributed by atoms with Crippen LogP contribution in [0.15, 0.2) is 48.7 Å². The molecule has 0 radical (unpaired) electrons. The molecule has 2 heterocycles. The molecule has 3 amide bonds. The largest absolute Gasteiger partial charge is 0.472 e. The van der Waals surface area contributed by atoms with Crippen LogP contribution in [0.1, 0.15) is 49.0 Å². The molecule has 2 N–H and O–H groups in total. The van der Waals surface area contributed by atoms with Crippen LogP contribution in [0.2, 0.25) is 0 Å². The van der Waals surface area contributed by atoms with Gasteiger partial charge in [-0.05, 0) is 55.5 Å². The first kappa shape index (κ1) is 24.7. The molecule has 0 bridgehead atoms. The van der Waals surface area contributed by atoms with Crippen LogP contribution in [0.4, 0.5) is 10.5 Å². The number of likely N-dealkylation sites (N-methyl/N-ethyl adjacent to an activating group) is 1. The maximum atomic E-state index is 13.5. The summed E-state index contributed by atoms with van der Waals surface area (Å²) in [4.78, 5) is 34.2. The number of hydrogen-bond donors (Lipinski definition) is 2. The summed E-state index contributed by atoms with van der Waals surface area (Å²) in [7, 11) is 1.72. The van der Waals surface area contributed by atoms with Gasteiger partial charge in [0.2, 0.25) is 5.88 Å². The van der Waals surface area contributed by atoms with Crippen LogP contribution < -0.4 is 10.1 Å². The minimum Gasteiger partial charge on any atom is -0.472 e. The van der Waals surface area contributed by atoms with Crippen LogP contribution in [0, 0.1) is 5.92 Å². The van der Waals surface area contributed by atoms with Crippen LogP contribution in [0.5, 0.6) is 5.88 Å². The quantitative estimate of drug-likeness (QED) is 0.654. The molecule has 35 heavy (non-hydrogen) atoms. The Bertz CT molecular complexity index is 1090. The highest BCUT2D eigenvalue weighted by molar-refractivity contribution is 5.97. The van der Waals surface area contributed by atoms with Crippen molar-refractivity contribution in [3.05, 3.63) is 59.8 Å². The van der Waals surface area contributed by atoms with Crippen LogP contribution >= 0.6 is 0 Å². The summed E-state index contributed by atoms with van der Waals surface area (Å²) in [5, 5.41) is 12.7. The second-order valence-electron chi connectivity index (χ2n) is 9.50. The standard InChI is InChI=1S/C27H34N4O4/c1-18-15-31(19(2)17-32)26(33)23-13-21(20-9-7-8-10-20)14-28-25(23)35-24(18)16-30(3)27(34)29-22-11-5-4-6-12-22/h4-6,9,11-14,18-19,24,32H,7-8,10,15-17H2,1-3H3,(H,29,34)/t18-,19-,24-/m0/s1. The van der Waals surface area contributed by atoms with Gasteiger partial charge in [0.1, 0.15) is 11.7 Å². The Hall–Kier alpha value is -3.39. The number of fused-ring (bicyclic) bond motifs is 1. The molecule has 1 aromatic heterocycles. The average molecular weight is 479 g/mol. The summed E-state index contributed by atoms with van der Waals surface area (Å²) in [6, 6.07) is 10.5. The number of carbonyl (C=O) groups excluding carboxylic acids is 2. The van der Waals surface area contributed by atoms with Crippen molar-refractivity contribution < 1.29 is 19.4 Å². The normalized spacial score (nSPS) is 20.7. The van der Waals surface area contributed by atoms with Gasteiger partial charge >= 0.3 is 6.03 Å². The zero-order valence-electron chi connectivity index (χ0n) is 20.6. The molecule has 2 aromatic rings. The fourth-order valence-corrected chi connectivity index (χ4v) is 4.52. The lowest BCUT2D eigenvalue weighted by Crippen LogP contribution is -2.50. The van der Waals surface area contributed by atoms with Crippen LogP contribution in [-0.2, 0) is 0 Å². The first-order valence-electron chi connectivity index (χ1n) is 12.2. The number of carbonyl (C=O) groups is 2. The molecule has 0 spiro atoms. The molecule has 0 unspecified atom stereocenters. The number of allylic oxidation sites excluding steroid dienone is 2. The number of rotatable bonds is 6. The van der Waals surface area contributed by atoms with Crippen LogP contribution in [-0.4, -0.2) is 70.7 Å². The third-order valence-corrected chi connectivity index (χ3v) is 6.76. The summed E-state index contributed by atoms with van der Waals surface area (Å²) >= 11 is 0. The van der Waals surface area contributed by atoms with E-state index in [-0.39, 0.29) is 36.4 Å². The molecule has 1 aliphatic heterocycles. The third kappa shape index (κ3) is 5.65. The van der Waals surface area contributed by atoms with E-state index in [1.54, 1.807) is 23.0 Å². The van der Waals surface area contributed by atoms with E-state index in [0.29, 0.717) is 24.3 Å². The zero-order valence-corrected chi connectivity index (χ0v) is 20.6. The van der Waals surface area contributed by atoms with E-state index in [9.17, 15) is 14.7 Å². The lowest BCUT2D eigenvalue weighted by molar-refractivity contribution is 0.0356. The Labute approximate surface area is 206 Å². The number of benzene rings is 1. The molecule has 0 saturated heterocycles. The van der Waals surface area contributed by atoms with Gasteiger partial charge in [-0.1, -0.05) is 31.2 Å². The van der Waals surface area contributed by atoms with Crippen LogP contribution in [0.25, 0.3) is 5.57 Å². The van der Waals surface area contributed by atoms with E-state index in [4.69, 9.17) is 4.74 Å². The lowest BCUT2D eigenvalue weighted by Gasteiger charge is -2.37. The lowest BCUT2D eigenvalue weighted by atomic mass is 9.99. The molecule has 0 fully saturated rings. The molecule has 0 saturated carbocycles. The molecule has 1 aromatic carbocycles. The molecule has 2 aliphatic rings. The third-order valence-electron chi connectivity index (χ3n) is 6.76. The van der Waals surface area contributed by atoms with Crippen molar-refractivity contribution in [2.75, 3.05) is 32.1 Å². The van der Waals surface area contributed by atoms with Crippen molar-refractivity contribution >= 4 is 23.2 Å². The van der Waals surface area contributed by atoms with Crippen molar-refractivity contribution in [2.45, 2.75) is 45.3 Å². The van der Waals surface area contributed by atoms with Gasteiger partial charge in [-0.3, -0.25) is 4.79 Å². The van der Waals surface area contributed by atoms with Gasteiger partial charge in [0.25, 0.3) is 5.91 Å². The molecule has 4 rings (SSSR count).